The number of pyridine rings is 1. The molecule has 0 atom stereocenters. The molecule has 3 aromatic rings. The van der Waals surface area contributed by atoms with Gasteiger partial charge >= 0.3 is 0 Å². The van der Waals surface area contributed by atoms with E-state index in [4.69, 9.17) is 0 Å². The zero-order valence-corrected chi connectivity index (χ0v) is 14.3. The van der Waals surface area contributed by atoms with Crippen LogP contribution in [0.15, 0.2) is 61.2 Å². The van der Waals surface area contributed by atoms with E-state index >= 15 is 0 Å². The van der Waals surface area contributed by atoms with Crippen molar-refractivity contribution >= 4 is 17.5 Å². The molecular weight excluding hydrogens is 333 g/mol. The number of anilines is 2. The fourth-order valence-corrected chi connectivity index (χ4v) is 2.37. The number of amides is 1. The van der Waals surface area contributed by atoms with Gasteiger partial charge in [0, 0.05) is 44.1 Å². The molecule has 0 aliphatic rings. The number of likely N-dealkylation sites (N-methyl/N-ethyl adjacent to an activating group) is 1. The Morgan fingerprint density at radius 1 is 1.15 bits per heavy atom. The number of halogens is 1. The first-order chi connectivity index (χ1) is 12.6. The number of benzene rings is 1. The highest BCUT2D eigenvalue weighted by Gasteiger charge is 2.13. The van der Waals surface area contributed by atoms with Crippen LogP contribution in [0.1, 0.15) is 15.9 Å². The molecule has 2 aromatic heterocycles. The van der Waals surface area contributed by atoms with E-state index in [1.165, 1.54) is 24.5 Å². The van der Waals surface area contributed by atoms with Gasteiger partial charge in [-0.15, -0.1) is 0 Å². The molecule has 0 unspecified atom stereocenters. The summed E-state index contributed by atoms with van der Waals surface area (Å²) in [5.74, 6) is -0.208. The van der Waals surface area contributed by atoms with Crippen molar-refractivity contribution in [1.82, 2.24) is 19.9 Å². The Labute approximate surface area is 150 Å². The Morgan fingerprint density at radius 2 is 1.88 bits per heavy atom. The van der Waals surface area contributed by atoms with Crippen LogP contribution in [0.2, 0.25) is 0 Å². The third-order valence-electron chi connectivity index (χ3n) is 3.81. The minimum Gasteiger partial charge on any atom is -0.341 e. The number of rotatable bonds is 6. The maximum Gasteiger partial charge on any atom is 0.256 e. The number of aromatic nitrogens is 3. The highest BCUT2D eigenvalue weighted by molar-refractivity contribution is 5.93. The summed E-state index contributed by atoms with van der Waals surface area (Å²) in [5, 5.41) is 2.89. The molecular formula is C19H18FN5O. The van der Waals surface area contributed by atoms with E-state index in [-0.39, 0.29) is 11.7 Å². The van der Waals surface area contributed by atoms with Crippen LogP contribution in [0.25, 0.3) is 0 Å². The highest BCUT2D eigenvalue weighted by Crippen LogP contribution is 2.14. The summed E-state index contributed by atoms with van der Waals surface area (Å²) in [6.07, 6.45) is 7.12. The van der Waals surface area contributed by atoms with Gasteiger partial charge in [-0.3, -0.25) is 9.78 Å². The van der Waals surface area contributed by atoms with Crippen LogP contribution in [-0.2, 0) is 6.42 Å². The first-order valence-electron chi connectivity index (χ1n) is 8.11. The van der Waals surface area contributed by atoms with E-state index in [9.17, 15) is 9.18 Å². The zero-order chi connectivity index (χ0) is 18.4. The smallest absolute Gasteiger partial charge is 0.256 e. The molecule has 1 N–H and O–H groups in total. The summed E-state index contributed by atoms with van der Waals surface area (Å²) in [6.45, 7) is 0.576. The molecule has 7 heteroatoms. The van der Waals surface area contributed by atoms with E-state index in [0.717, 1.165) is 12.0 Å². The van der Waals surface area contributed by atoms with E-state index < -0.39 is 0 Å². The molecule has 0 radical (unpaired) electrons. The van der Waals surface area contributed by atoms with Crippen LogP contribution in [0.3, 0.4) is 0 Å². The van der Waals surface area contributed by atoms with Gasteiger partial charge < -0.3 is 10.2 Å². The van der Waals surface area contributed by atoms with Gasteiger partial charge in [0.2, 0.25) is 5.95 Å². The monoisotopic (exact) mass is 351 g/mol. The topological polar surface area (TPSA) is 71.0 Å². The summed E-state index contributed by atoms with van der Waals surface area (Å²) in [7, 11) is 1.74. The molecule has 0 saturated carbocycles. The fourth-order valence-electron chi connectivity index (χ4n) is 2.37. The molecule has 26 heavy (non-hydrogen) atoms. The summed E-state index contributed by atoms with van der Waals surface area (Å²) in [4.78, 5) is 26.3. The summed E-state index contributed by atoms with van der Waals surface area (Å²) in [6, 6.07) is 9.85. The Hall–Kier alpha value is -3.35. The predicted molar refractivity (Wildman–Crippen MR) is 96.6 cm³/mol. The van der Waals surface area contributed by atoms with Crippen LogP contribution in [-0.4, -0.2) is 39.4 Å². The molecule has 132 valence electrons. The molecule has 2 heterocycles. The maximum atomic E-state index is 13.2. The maximum absolute atomic E-state index is 13.2. The lowest BCUT2D eigenvalue weighted by Gasteiger charge is -2.17. The van der Waals surface area contributed by atoms with E-state index in [1.54, 1.807) is 36.5 Å². The van der Waals surface area contributed by atoms with Crippen LogP contribution in [0, 0.1) is 5.82 Å². The minimum atomic E-state index is -0.349. The molecule has 1 amide bonds. The van der Waals surface area contributed by atoms with E-state index in [1.807, 2.05) is 12.1 Å². The normalized spacial score (nSPS) is 10.4. The molecule has 0 saturated heterocycles. The van der Waals surface area contributed by atoms with Crippen LogP contribution in [0.5, 0.6) is 0 Å². The second kappa shape index (κ2) is 8.15. The molecule has 0 spiro atoms. The van der Waals surface area contributed by atoms with Gasteiger partial charge in [0.15, 0.2) is 0 Å². The SMILES string of the molecule is CN(CCc1ccncc1)C(=O)c1cnc(Nc2cccc(F)c2)nc1. The first-order valence-corrected chi connectivity index (χ1v) is 8.11. The lowest BCUT2D eigenvalue weighted by molar-refractivity contribution is 0.0796. The van der Waals surface area contributed by atoms with Gasteiger partial charge in [0.25, 0.3) is 5.91 Å². The third kappa shape index (κ3) is 4.60. The summed E-state index contributed by atoms with van der Waals surface area (Å²) in [5.41, 5.74) is 2.05. The minimum absolute atomic E-state index is 0.156. The molecule has 0 aliphatic carbocycles. The molecule has 0 aliphatic heterocycles. The van der Waals surface area contributed by atoms with Crippen molar-refractivity contribution in [3.63, 3.8) is 0 Å². The van der Waals surface area contributed by atoms with Crippen molar-refractivity contribution in [2.75, 3.05) is 18.9 Å². The number of hydrogen-bond donors (Lipinski definition) is 1. The van der Waals surface area contributed by atoms with Gasteiger partial charge in [-0.1, -0.05) is 6.07 Å². The zero-order valence-electron chi connectivity index (χ0n) is 14.3. The standard InChI is InChI=1S/C19H18FN5O/c1-25(10-7-14-5-8-21-9-6-14)18(26)15-12-22-19(23-13-15)24-17-4-2-3-16(20)11-17/h2-6,8-9,11-13H,7,10H2,1H3,(H,22,23,24). The summed E-state index contributed by atoms with van der Waals surface area (Å²) < 4.78 is 13.2. The molecule has 0 fully saturated rings. The van der Waals surface area contributed by atoms with Crippen molar-refractivity contribution in [2.24, 2.45) is 0 Å². The van der Waals surface area contributed by atoms with E-state index in [0.29, 0.717) is 23.7 Å². The van der Waals surface area contributed by atoms with Crippen LogP contribution >= 0.6 is 0 Å². The number of nitrogens with zero attached hydrogens (tertiary/aromatic N) is 4. The number of carbonyl (C=O) groups excluding carboxylic acids is 1. The Bertz CT molecular complexity index is 871. The second-order valence-electron chi connectivity index (χ2n) is 5.76. The van der Waals surface area contributed by atoms with Gasteiger partial charge in [-0.05, 0) is 42.3 Å². The van der Waals surface area contributed by atoms with E-state index in [2.05, 4.69) is 20.3 Å². The lowest BCUT2D eigenvalue weighted by atomic mass is 10.2. The highest BCUT2D eigenvalue weighted by atomic mass is 19.1. The quantitative estimate of drug-likeness (QED) is 0.739. The Balaban J connectivity index is 1.59. The second-order valence-corrected chi connectivity index (χ2v) is 5.76. The lowest BCUT2D eigenvalue weighted by Crippen LogP contribution is -2.29. The average molecular weight is 351 g/mol. The van der Waals surface area contributed by atoms with Gasteiger partial charge in [-0.2, -0.15) is 0 Å². The summed E-state index contributed by atoms with van der Waals surface area (Å²) >= 11 is 0. The Morgan fingerprint density at radius 3 is 2.58 bits per heavy atom. The van der Waals surface area contributed by atoms with Crippen molar-refractivity contribution in [2.45, 2.75) is 6.42 Å². The molecule has 1 aromatic carbocycles. The molecule has 0 bridgehead atoms. The van der Waals surface area contributed by atoms with Crippen molar-refractivity contribution in [3.8, 4) is 0 Å². The van der Waals surface area contributed by atoms with Crippen LogP contribution in [0.4, 0.5) is 16.0 Å². The average Bonchev–Trinajstić information content (AvgIpc) is 2.67. The largest absolute Gasteiger partial charge is 0.341 e. The van der Waals surface area contributed by atoms with Gasteiger partial charge in [0.1, 0.15) is 5.82 Å². The first kappa shape index (κ1) is 17.5. The number of carbonyl (C=O) groups is 1. The third-order valence-corrected chi connectivity index (χ3v) is 3.81. The number of hydrogen-bond acceptors (Lipinski definition) is 5. The van der Waals surface area contributed by atoms with Crippen molar-refractivity contribution in [1.29, 1.82) is 0 Å². The predicted octanol–water partition coefficient (Wildman–Crippen LogP) is 3.07. The molecule has 6 nitrogen and oxygen atoms in total. The molecule has 3 rings (SSSR count). The Kier molecular flexibility index (Phi) is 5.48. The van der Waals surface area contributed by atoms with Crippen molar-refractivity contribution < 1.29 is 9.18 Å². The van der Waals surface area contributed by atoms with Crippen LogP contribution < -0.4 is 5.32 Å². The van der Waals surface area contributed by atoms with Gasteiger partial charge in [0.05, 0.1) is 5.56 Å². The van der Waals surface area contributed by atoms with Gasteiger partial charge in [-0.25, -0.2) is 14.4 Å². The fraction of sp³-hybridized carbons (Fsp3) is 0.158. The number of nitrogens with one attached hydrogen (secondary N) is 1. The van der Waals surface area contributed by atoms with Crippen molar-refractivity contribution in [3.05, 3.63) is 78.1 Å².